The van der Waals surface area contributed by atoms with Crippen LogP contribution in [0, 0.1) is 0 Å². The third-order valence-corrected chi connectivity index (χ3v) is 7.66. The van der Waals surface area contributed by atoms with Crippen LogP contribution in [0.5, 0.6) is 5.88 Å². The minimum atomic E-state index is -0.421. The lowest BCUT2D eigenvalue weighted by atomic mass is 9.68. The highest BCUT2D eigenvalue weighted by molar-refractivity contribution is 6.30. The van der Waals surface area contributed by atoms with Crippen molar-refractivity contribution in [3.05, 3.63) is 119 Å². The van der Waals surface area contributed by atoms with Crippen LogP contribution in [0.3, 0.4) is 0 Å². The van der Waals surface area contributed by atoms with Gasteiger partial charge in [-0.1, -0.05) is 84.4 Å². The molecule has 1 fully saturated rings. The lowest BCUT2D eigenvalue weighted by molar-refractivity contribution is 0.159. The molecule has 0 atom stereocenters. The molecule has 6 nitrogen and oxygen atoms in total. The standard InChI is InChI=1S/C31H33ClN4O2/c1-34(2)30(37)38-29-28(33-23-36(29)21-24-13-15-27(32)16-14-24)22-35-19-17-31(18-20-35,25-9-5-3-6-10-25)26-11-7-4-8-12-26/h3-16,23H,17-22H2,1-2H3. The number of nitrogens with zero attached hydrogens (tertiary/aromatic N) is 4. The molecule has 0 bridgehead atoms. The van der Waals surface area contributed by atoms with Crippen molar-refractivity contribution in [1.82, 2.24) is 19.4 Å². The fourth-order valence-electron chi connectivity index (χ4n) is 5.27. The van der Waals surface area contributed by atoms with E-state index in [1.165, 1.54) is 16.0 Å². The molecule has 1 aliphatic rings. The van der Waals surface area contributed by atoms with Crippen molar-refractivity contribution < 1.29 is 9.53 Å². The summed E-state index contributed by atoms with van der Waals surface area (Å²) in [7, 11) is 3.36. The highest BCUT2D eigenvalue weighted by atomic mass is 35.5. The monoisotopic (exact) mass is 528 g/mol. The summed E-state index contributed by atoms with van der Waals surface area (Å²) in [5, 5.41) is 0.687. The topological polar surface area (TPSA) is 50.6 Å². The number of hydrogen-bond acceptors (Lipinski definition) is 4. The van der Waals surface area contributed by atoms with Gasteiger partial charge in [-0.05, 0) is 54.8 Å². The van der Waals surface area contributed by atoms with Crippen molar-refractivity contribution in [1.29, 1.82) is 0 Å². The molecule has 1 amide bonds. The molecule has 1 saturated heterocycles. The molecule has 0 unspecified atom stereocenters. The largest absolute Gasteiger partial charge is 0.416 e. The van der Waals surface area contributed by atoms with Crippen LogP contribution in [0.25, 0.3) is 0 Å². The smallest absolute Gasteiger partial charge is 0.391 e. The van der Waals surface area contributed by atoms with Gasteiger partial charge < -0.3 is 9.64 Å². The Labute approximate surface area is 229 Å². The Kier molecular flexibility index (Phi) is 7.82. The fourth-order valence-corrected chi connectivity index (χ4v) is 5.40. The number of amides is 1. The summed E-state index contributed by atoms with van der Waals surface area (Å²) in [6.07, 6.45) is 3.33. The van der Waals surface area contributed by atoms with Crippen molar-refractivity contribution in [2.45, 2.75) is 31.3 Å². The zero-order chi connectivity index (χ0) is 26.5. The van der Waals surface area contributed by atoms with Gasteiger partial charge in [-0.15, -0.1) is 0 Å². The number of ether oxygens (including phenoxy) is 1. The molecule has 1 aromatic heterocycles. The third-order valence-electron chi connectivity index (χ3n) is 7.41. The van der Waals surface area contributed by atoms with Gasteiger partial charge in [0.05, 0.1) is 12.9 Å². The summed E-state index contributed by atoms with van der Waals surface area (Å²) in [4.78, 5) is 21.1. The van der Waals surface area contributed by atoms with Gasteiger partial charge in [-0.3, -0.25) is 9.47 Å². The lowest BCUT2D eigenvalue weighted by Gasteiger charge is -2.42. The predicted molar refractivity (Wildman–Crippen MR) is 151 cm³/mol. The van der Waals surface area contributed by atoms with E-state index in [0.717, 1.165) is 37.2 Å². The number of rotatable bonds is 7. The summed E-state index contributed by atoms with van der Waals surface area (Å²) in [6.45, 7) is 2.97. The van der Waals surface area contributed by atoms with Crippen LogP contribution in [-0.4, -0.2) is 52.6 Å². The minimum absolute atomic E-state index is 0.0207. The SMILES string of the molecule is CN(C)C(=O)Oc1c(CN2CCC(c3ccccc3)(c3ccccc3)CC2)ncn1Cc1ccc(Cl)cc1. The van der Waals surface area contributed by atoms with E-state index < -0.39 is 6.09 Å². The Morgan fingerprint density at radius 3 is 2.03 bits per heavy atom. The highest BCUT2D eigenvalue weighted by Gasteiger charge is 2.38. The van der Waals surface area contributed by atoms with Crippen LogP contribution < -0.4 is 4.74 Å². The highest BCUT2D eigenvalue weighted by Crippen LogP contribution is 2.42. The van der Waals surface area contributed by atoms with E-state index in [-0.39, 0.29) is 5.41 Å². The molecule has 3 aromatic carbocycles. The number of carbonyl (C=O) groups excluding carboxylic acids is 1. The van der Waals surface area contributed by atoms with Crippen molar-refractivity contribution in [2.75, 3.05) is 27.2 Å². The van der Waals surface area contributed by atoms with Crippen molar-refractivity contribution in [2.24, 2.45) is 0 Å². The van der Waals surface area contributed by atoms with Crippen molar-refractivity contribution >= 4 is 17.7 Å². The Morgan fingerprint density at radius 2 is 1.47 bits per heavy atom. The molecule has 0 aliphatic carbocycles. The molecule has 0 radical (unpaired) electrons. The molecule has 1 aliphatic heterocycles. The first-order valence-electron chi connectivity index (χ1n) is 13.0. The average Bonchev–Trinajstić information content (AvgIpc) is 3.31. The first kappa shape index (κ1) is 26.0. The number of aromatic nitrogens is 2. The van der Waals surface area contributed by atoms with Crippen LogP contribution in [0.2, 0.25) is 5.02 Å². The summed E-state index contributed by atoms with van der Waals surface area (Å²) >= 11 is 6.06. The average molecular weight is 529 g/mol. The molecular formula is C31H33ClN4O2. The van der Waals surface area contributed by atoms with Crippen LogP contribution in [0.15, 0.2) is 91.3 Å². The molecule has 38 heavy (non-hydrogen) atoms. The Morgan fingerprint density at radius 1 is 0.895 bits per heavy atom. The number of hydrogen-bond donors (Lipinski definition) is 0. The summed E-state index contributed by atoms with van der Waals surface area (Å²) in [5.41, 5.74) is 4.51. The zero-order valence-electron chi connectivity index (χ0n) is 21.9. The number of carbonyl (C=O) groups is 1. The fraction of sp³-hybridized carbons (Fsp3) is 0.290. The quantitative estimate of drug-likeness (QED) is 0.285. The maximum atomic E-state index is 12.5. The Balaban J connectivity index is 1.37. The van der Waals surface area contributed by atoms with Gasteiger partial charge in [0.2, 0.25) is 5.88 Å². The van der Waals surface area contributed by atoms with E-state index in [0.29, 0.717) is 24.0 Å². The molecule has 2 heterocycles. The molecule has 196 valence electrons. The van der Waals surface area contributed by atoms with Crippen molar-refractivity contribution in [3.8, 4) is 5.88 Å². The predicted octanol–water partition coefficient (Wildman–Crippen LogP) is 6.23. The molecule has 0 saturated carbocycles. The Bertz CT molecular complexity index is 1300. The van der Waals surface area contributed by atoms with E-state index >= 15 is 0 Å². The number of benzene rings is 3. The molecular weight excluding hydrogens is 496 g/mol. The van der Waals surface area contributed by atoms with Gasteiger partial charge in [0, 0.05) is 31.1 Å². The van der Waals surface area contributed by atoms with E-state index in [2.05, 4.69) is 70.5 Å². The second kappa shape index (κ2) is 11.4. The normalized spacial score (nSPS) is 15.2. The molecule has 7 heteroatoms. The third kappa shape index (κ3) is 5.62. The van der Waals surface area contributed by atoms with Gasteiger partial charge in [0.15, 0.2) is 0 Å². The van der Waals surface area contributed by atoms with Gasteiger partial charge in [-0.2, -0.15) is 0 Å². The summed E-state index contributed by atoms with van der Waals surface area (Å²) in [5.74, 6) is 0.488. The van der Waals surface area contributed by atoms with Gasteiger partial charge in [-0.25, -0.2) is 9.78 Å². The lowest BCUT2D eigenvalue weighted by Crippen LogP contribution is -2.43. The van der Waals surface area contributed by atoms with Crippen LogP contribution in [-0.2, 0) is 18.5 Å². The van der Waals surface area contributed by atoms with E-state index in [1.807, 2.05) is 28.8 Å². The second-order valence-corrected chi connectivity index (χ2v) is 10.5. The number of imidazole rings is 1. The van der Waals surface area contributed by atoms with Crippen LogP contribution >= 0.6 is 11.6 Å². The first-order valence-corrected chi connectivity index (χ1v) is 13.3. The summed E-state index contributed by atoms with van der Waals surface area (Å²) < 4.78 is 7.72. The zero-order valence-corrected chi connectivity index (χ0v) is 22.6. The van der Waals surface area contributed by atoms with Gasteiger partial charge >= 0.3 is 6.09 Å². The van der Waals surface area contributed by atoms with Crippen LogP contribution in [0.4, 0.5) is 4.79 Å². The first-order chi connectivity index (χ1) is 18.4. The molecule has 0 N–H and O–H groups in total. The number of likely N-dealkylation sites (tertiary alicyclic amines) is 1. The molecule has 4 aromatic rings. The number of halogens is 1. The van der Waals surface area contributed by atoms with E-state index in [4.69, 9.17) is 16.3 Å². The maximum Gasteiger partial charge on any atom is 0.416 e. The molecule has 5 rings (SSSR count). The van der Waals surface area contributed by atoms with Crippen molar-refractivity contribution in [3.63, 3.8) is 0 Å². The summed E-state index contributed by atoms with van der Waals surface area (Å²) in [6, 6.07) is 29.3. The van der Waals surface area contributed by atoms with Gasteiger partial charge in [0.1, 0.15) is 5.69 Å². The second-order valence-electron chi connectivity index (χ2n) is 10.1. The van der Waals surface area contributed by atoms with Gasteiger partial charge in [0.25, 0.3) is 0 Å². The van der Waals surface area contributed by atoms with E-state index in [9.17, 15) is 4.79 Å². The maximum absolute atomic E-state index is 12.5. The number of piperidine rings is 1. The minimum Gasteiger partial charge on any atom is -0.391 e. The Hall–Kier alpha value is -3.61. The van der Waals surface area contributed by atoms with Crippen LogP contribution in [0.1, 0.15) is 35.2 Å². The van der Waals surface area contributed by atoms with E-state index in [1.54, 1.807) is 20.4 Å². The molecule has 0 spiro atoms.